The van der Waals surface area contributed by atoms with Crippen LogP contribution in [0.25, 0.3) is 16.8 Å². The average molecular weight is 345 g/mol. The van der Waals surface area contributed by atoms with Gasteiger partial charge in [0, 0.05) is 23.1 Å². The smallest absolute Gasteiger partial charge is 0.131 e. The van der Waals surface area contributed by atoms with Crippen LogP contribution >= 0.6 is 0 Å². The number of fused-ring (bicyclic) bond motifs is 3. The summed E-state index contributed by atoms with van der Waals surface area (Å²) in [6.07, 6.45) is 9.02. The van der Waals surface area contributed by atoms with E-state index in [0.29, 0.717) is 6.61 Å². The van der Waals surface area contributed by atoms with Gasteiger partial charge in [-0.3, -0.25) is 0 Å². The molecule has 2 heteroatoms. The molecule has 0 aliphatic carbocycles. The van der Waals surface area contributed by atoms with Crippen molar-refractivity contribution < 1.29 is 4.74 Å². The summed E-state index contributed by atoms with van der Waals surface area (Å²) in [5.41, 5.74) is 5.48. The molecule has 0 bridgehead atoms. The van der Waals surface area contributed by atoms with Crippen molar-refractivity contribution >= 4 is 16.8 Å². The van der Waals surface area contributed by atoms with Gasteiger partial charge in [0.2, 0.25) is 0 Å². The van der Waals surface area contributed by atoms with Crippen LogP contribution in [0.2, 0.25) is 0 Å². The molecule has 0 N–H and O–H groups in total. The highest BCUT2D eigenvalue weighted by molar-refractivity contribution is 5.97. The van der Waals surface area contributed by atoms with Gasteiger partial charge in [-0.2, -0.15) is 5.26 Å². The topological polar surface area (TPSA) is 33.0 Å². The molecule has 0 unspecified atom stereocenters. The molecule has 26 heavy (non-hydrogen) atoms. The molecule has 1 aliphatic rings. The highest BCUT2D eigenvalue weighted by Crippen LogP contribution is 2.39. The molecule has 2 aromatic rings. The molecular formula is C24H27NO. The molecular weight excluding hydrogens is 318 g/mol. The largest absolute Gasteiger partial charge is 0.489 e. The second-order valence-electron chi connectivity index (χ2n) is 6.08. The van der Waals surface area contributed by atoms with Gasteiger partial charge < -0.3 is 4.74 Å². The Morgan fingerprint density at radius 2 is 1.92 bits per heavy atom. The minimum atomic E-state index is 0.607. The quantitative estimate of drug-likeness (QED) is 0.467. The summed E-state index contributed by atoms with van der Waals surface area (Å²) >= 11 is 0. The van der Waals surface area contributed by atoms with Crippen molar-refractivity contribution in [1.82, 2.24) is 0 Å². The summed E-state index contributed by atoms with van der Waals surface area (Å²) in [5.74, 6) is 0.982. The molecule has 0 amide bonds. The first kappa shape index (κ1) is 19.5. The number of nitriles is 1. The minimum absolute atomic E-state index is 0.607. The van der Waals surface area contributed by atoms with Crippen molar-refractivity contribution in [2.75, 3.05) is 6.61 Å². The Labute approximate surface area is 157 Å². The van der Waals surface area contributed by atoms with Gasteiger partial charge in [0.25, 0.3) is 0 Å². The lowest BCUT2D eigenvalue weighted by Gasteiger charge is -2.22. The molecule has 3 rings (SSSR count). The summed E-state index contributed by atoms with van der Waals surface area (Å²) in [7, 11) is 0. The van der Waals surface area contributed by atoms with E-state index in [1.807, 2.05) is 33.8 Å². The summed E-state index contributed by atoms with van der Waals surface area (Å²) < 4.78 is 6.02. The molecule has 2 aromatic carbocycles. The van der Waals surface area contributed by atoms with E-state index in [-0.39, 0.29) is 0 Å². The Morgan fingerprint density at radius 1 is 1.23 bits per heavy atom. The maximum atomic E-state index is 9.05. The van der Waals surface area contributed by atoms with Gasteiger partial charge in [0.15, 0.2) is 0 Å². The fourth-order valence-corrected chi connectivity index (χ4v) is 3.25. The molecule has 0 saturated heterocycles. The van der Waals surface area contributed by atoms with Crippen molar-refractivity contribution in [3.63, 3.8) is 0 Å². The van der Waals surface area contributed by atoms with E-state index >= 15 is 0 Å². The van der Waals surface area contributed by atoms with E-state index in [1.165, 1.54) is 21.9 Å². The van der Waals surface area contributed by atoms with E-state index in [4.69, 9.17) is 10.00 Å². The lowest BCUT2D eigenvalue weighted by Crippen LogP contribution is -2.07. The van der Waals surface area contributed by atoms with Crippen LogP contribution < -0.4 is 4.74 Å². The first-order chi connectivity index (χ1) is 12.7. The Hall–Kier alpha value is -2.79. The van der Waals surface area contributed by atoms with Gasteiger partial charge in [-0.1, -0.05) is 50.3 Å². The normalized spacial score (nSPS) is 13.4. The maximum absolute atomic E-state index is 9.05. The molecule has 134 valence electrons. The fraction of sp³-hybridized carbons (Fsp3) is 0.292. The van der Waals surface area contributed by atoms with Gasteiger partial charge in [0.05, 0.1) is 6.07 Å². The molecule has 1 heterocycles. The minimum Gasteiger partial charge on any atom is -0.489 e. The third-order valence-corrected chi connectivity index (χ3v) is 4.53. The Bertz CT molecular complexity index is 923. The molecule has 0 aromatic heterocycles. The van der Waals surface area contributed by atoms with E-state index in [9.17, 15) is 0 Å². The summed E-state index contributed by atoms with van der Waals surface area (Å²) in [6, 6.07) is 10.7. The van der Waals surface area contributed by atoms with Crippen molar-refractivity contribution in [2.24, 2.45) is 0 Å². The van der Waals surface area contributed by atoms with Gasteiger partial charge in [-0.05, 0) is 54.8 Å². The van der Waals surface area contributed by atoms with E-state index < -0.39 is 0 Å². The van der Waals surface area contributed by atoms with Gasteiger partial charge in [-0.25, -0.2) is 0 Å². The lowest BCUT2D eigenvalue weighted by atomic mass is 9.89. The molecule has 0 radical (unpaired) electrons. The molecule has 0 atom stereocenters. The van der Waals surface area contributed by atoms with Crippen molar-refractivity contribution in [2.45, 2.75) is 41.0 Å². The van der Waals surface area contributed by atoms with E-state index in [1.54, 1.807) is 0 Å². The van der Waals surface area contributed by atoms with Crippen molar-refractivity contribution in [3.8, 4) is 11.8 Å². The molecule has 0 saturated carbocycles. The number of hydrogen-bond donors (Lipinski definition) is 0. The Balaban J connectivity index is 0.00000117. The maximum Gasteiger partial charge on any atom is 0.131 e. The highest BCUT2D eigenvalue weighted by Gasteiger charge is 2.19. The zero-order valence-electron chi connectivity index (χ0n) is 16.4. The fourth-order valence-electron chi connectivity index (χ4n) is 3.25. The van der Waals surface area contributed by atoms with Gasteiger partial charge in [-0.15, -0.1) is 0 Å². The van der Waals surface area contributed by atoms with Crippen LogP contribution in [-0.4, -0.2) is 6.61 Å². The van der Waals surface area contributed by atoms with Gasteiger partial charge >= 0.3 is 0 Å². The van der Waals surface area contributed by atoms with Crippen LogP contribution in [-0.2, 0) is 6.42 Å². The molecule has 0 spiro atoms. The van der Waals surface area contributed by atoms with Crippen molar-refractivity contribution in [3.05, 3.63) is 70.3 Å². The van der Waals surface area contributed by atoms with E-state index in [2.05, 4.69) is 55.5 Å². The van der Waals surface area contributed by atoms with Crippen LogP contribution in [0.1, 0.15) is 44.4 Å². The van der Waals surface area contributed by atoms with Gasteiger partial charge in [0.1, 0.15) is 12.4 Å². The number of rotatable bonds is 3. The molecule has 0 fully saturated rings. The lowest BCUT2D eigenvalue weighted by molar-refractivity contribution is 0.355. The van der Waals surface area contributed by atoms with Crippen LogP contribution in [0, 0.1) is 18.3 Å². The zero-order chi connectivity index (χ0) is 19.1. The zero-order valence-corrected chi connectivity index (χ0v) is 16.4. The Kier molecular flexibility index (Phi) is 6.81. The predicted molar refractivity (Wildman–Crippen MR) is 111 cm³/mol. The number of ether oxygens (including phenoxy) is 1. The second kappa shape index (κ2) is 9.06. The van der Waals surface area contributed by atoms with Crippen LogP contribution in [0.5, 0.6) is 5.75 Å². The SMILES string of the molecule is C/C=C(\C=C(/C)C#N)Cc1c2c(c3ccccc3c1C)C=CCO2.CC. The molecule has 2 nitrogen and oxygen atoms in total. The summed E-state index contributed by atoms with van der Waals surface area (Å²) in [5, 5.41) is 11.5. The van der Waals surface area contributed by atoms with Crippen LogP contribution in [0.4, 0.5) is 0 Å². The third-order valence-electron chi connectivity index (χ3n) is 4.53. The number of hydrogen-bond acceptors (Lipinski definition) is 2. The highest BCUT2D eigenvalue weighted by atomic mass is 16.5. The first-order valence-corrected chi connectivity index (χ1v) is 9.22. The second-order valence-corrected chi connectivity index (χ2v) is 6.08. The third kappa shape index (κ3) is 3.89. The van der Waals surface area contributed by atoms with Crippen molar-refractivity contribution in [1.29, 1.82) is 5.26 Å². The monoisotopic (exact) mass is 345 g/mol. The van der Waals surface area contributed by atoms with E-state index in [0.717, 1.165) is 28.9 Å². The average Bonchev–Trinajstić information content (AvgIpc) is 2.71. The number of allylic oxidation sites excluding steroid dienone is 4. The predicted octanol–water partition coefficient (Wildman–Crippen LogP) is 6.54. The summed E-state index contributed by atoms with van der Waals surface area (Å²) in [6.45, 7) is 10.6. The van der Waals surface area contributed by atoms with Crippen LogP contribution in [0.15, 0.2) is 53.6 Å². The number of aryl methyl sites for hydroxylation is 1. The summed E-state index contributed by atoms with van der Waals surface area (Å²) in [4.78, 5) is 0. The number of benzene rings is 2. The Morgan fingerprint density at radius 3 is 2.58 bits per heavy atom. The molecule has 1 aliphatic heterocycles. The standard InChI is InChI=1S/C22H21NO.C2H6/c1-4-17(12-15(2)14-23)13-21-16(3)18-8-5-6-9-19(18)20-10-7-11-24-22(20)21;1-2/h4-10,12H,11,13H2,1-3H3;1-2H3/b15-12+,17-4+;. The van der Waals surface area contributed by atoms with Crippen LogP contribution in [0.3, 0.4) is 0 Å². The number of nitrogens with zero attached hydrogens (tertiary/aromatic N) is 1. The first-order valence-electron chi connectivity index (χ1n) is 9.22.